The van der Waals surface area contributed by atoms with Crippen LogP contribution < -0.4 is 5.32 Å². The third-order valence-corrected chi connectivity index (χ3v) is 3.79. The van der Waals surface area contributed by atoms with Crippen molar-refractivity contribution >= 4 is 16.8 Å². The van der Waals surface area contributed by atoms with E-state index in [4.69, 9.17) is 4.42 Å². The van der Waals surface area contributed by atoms with Crippen LogP contribution in [0.3, 0.4) is 0 Å². The fourth-order valence-electron chi connectivity index (χ4n) is 2.28. The molecule has 1 aromatic heterocycles. The predicted molar refractivity (Wildman–Crippen MR) is 83.4 cm³/mol. The standard InChI is InChI=1S/C17H18N2O2/c1-3-17(2,19-12-8-4-6-10-14(12)20)16-18-13-9-5-7-11-15(13)21-16/h4-11,19-20H,3H2,1-2H3. The number of rotatable bonds is 4. The lowest BCUT2D eigenvalue weighted by Crippen LogP contribution is -2.31. The highest BCUT2D eigenvalue weighted by atomic mass is 16.4. The molecule has 0 radical (unpaired) electrons. The minimum atomic E-state index is -0.488. The fourth-order valence-corrected chi connectivity index (χ4v) is 2.28. The Morgan fingerprint density at radius 2 is 1.86 bits per heavy atom. The van der Waals surface area contributed by atoms with Crippen molar-refractivity contribution < 1.29 is 9.52 Å². The van der Waals surface area contributed by atoms with Crippen LogP contribution in [0, 0.1) is 0 Å². The van der Waals surface area contributed by atoms with Gasteiger partial charge in [0, 0.05) is 0 Å². The summed E-state index contributed by atoms with van der Waals surface area (Å²) in [5.41, 5.74) is 1.79. The van der Waals surface area contributed by atoms with Gasteiger partial charge in [0.2, 0.25) is 5.89 Å². The molecule has 21 heavy (non-hydrogen) atoms. The number of benzene rings is 2. The average Bonchev–Trinajstić information content (AvgIpc) is 2.94. The minimum absolute atomic E-state index is 0.216. The van der Waals surface area contributed by atoms with Crippen molar-refractivity contribution in [1.82, 2.24) is 4.98 Å². The highest BCUT2D eigenvalue weighted by Gasteiger charge is 2.31. The number of oxazole rings is 1. The van der Waals surface area contributed by atoms with E-state index >= 15 is 0 Å². The number of hydrogen-bond donors (Lipinski definition) is 2. The Balaban J connectivity index is 2.01. The number of phenolic OH excluding ortho intramolecular Hbond substituents is 1. The normalized spacial score (nSPS) is 14.0. The van der Waals surface area contributed by atoms with Gasteiger partial charge in [0.15, 0.2) is 5.58 Å². The highest BCUT2D eigenvalue weighted by molar-refractivity contribution is 5.72. The monoisotopic (exact) mass is 282 g/mol. The van der Waals surface area contributed by atoms with Crippen molar-refractivity contribution in [3.63, 3.8) is 0 Å². The molecule has 4 heteroatoms. The number of phenols is 1. The van der Waals surface area contributed by atoms with Gasteiger partial charge in [-0.25, -0.2) is 4.98 Å². The first-order valence-corrected chi connectivity index (χ1v) is 7.04. The molecule has 1 unspecified atom stereocenters. The van der Waals surface area contributed by atoms with Crippen LogP contribution in [0.2, 0.25) is 0 Å². The summed E-state index contributed by atoms with van der Waals surface area (Å²) in [7, 11) is 0. The second-order valence-electron chi connectivity index (χ2n) is 5.31. The lowest BCUT2D eigenvalue weighted by Gasteiger charge is -2.27. The zero-order valence-electron chi connectivity index (χ0n) is 12.1. The van der Waals surface area contributed by atoms with E-state index in [2.05, 4.69) is 17.2 Å². The van der Waals surface area contributed by atoms with Gasteiger partial charge < -0.3 is 14.8 Å². The molecule has 0 spiro atoms. The molecule has 1 atom stereocenters. The molecule has 0 aliphatic carbocycles. The maximum atomic E-state index is 9.94. The number of fused-ring (bicyclic) bond motifs is 1. The lowest BCUT2D eigenvalue weighted by molar-refractivity contribution is 0.381. The predicted octanol–water partition coefficient (Wildman–Crippen LogP) is 4.27. The molecule has 0 fully saturated rings. The molecule has 0 aliphatic rings. The summed E-state index contributed by atoms with van der Waals surface area (Å²) in [5, 5.41) is 13.3. The first kappa shape index (κ1) is 13.5. The smallest absolute Gasteiger partial charge is 0.220 e. The Morgan fingerprint density at radius 1 is 1.14 bits per heavy atom. The maximum Gasteiger partial charge on any atom is 0.220 e. The summed E-state index contributed by atoms with van der Waals surface area (Å²) in [6.07, 6.45) is 0.772. The first-order chi connectivity index (χ1) is 10.1. The van der Waals surface area contributed by atoms with Gasteiger partial charge >= 0.3 is 0 Å². The third kappa shape index (κ3) is 2.44. The van der Waals surface area contributed by atoms with Crippen molar-refractivity contribution in [2.75, 3.05) is 5.32 Å². The molecular formula is C17H18N2O2. The van der Waals surface area contributed by atoms with Gasteiger partial charge in [0.1, 0.15) is 16.8 Å². The van der Waals surface area contributed by atoms with Crippen LogP contribution in [-0.2, 0) is 5.54 Å². The van der Waals surface area contributed by atoms with Gasteiger partial charge in [-0.3, -0.25) is 0 Å². The SMILES string of the molecule is CCC(C)(Nc1ccccc1O)c1nc2ccccc2o1. The van der Waals surface area contributed by atoms with Crippen LogP contribution in [0.1, 0.15) is 26.2 Å². The number of nitrogens with one attached hydrogen (secondary N) is 1. The Labute approximate surface area is 123 Å². The molecule has 4 nitrogen and oxygen atoms in total. The maximum absolute atomic E-state index is 9.94. The number of aromatic nitrogens is 1. The molecule has 2 aromatic carbocycles. The van der Waals surface area contributed by atoms with E-state index in [0.29, 0.717) is 11.6 Å². The minimum Gasteiger partial charge on any atom is -0.506 e. The highest BCUT2D eigenvalue weighted by Crippen LogP contribution is 2.34. The third-order valence-electron chi connectivity index (χ3n) is 3.79. The molecular weight excluding hydrogens is 264 g/mol. The van der Waals surface area contributed by atoms with Gasteiger partial charge in [0.05, 0.1) is 5.69 Å². The first-order valence-electron chi connectivity index (χ1n) is 7.04. The largest absolute Gasteiger partial charge is 0.506 e. The van der Waals surface area contributed by atoms with E-state index in [9.17, 15) is 5.11 Å². The molecule has 108 valence electrons. The average molecular weight is 282 g/mol. The van der Waals surface area contributed by atoms with Crippen molar-refractivity contribution in [3.05, 3.63) is 54.4 Å². The second kappa shape index (κ2) is 5.13. The summed E-state index contributed by atoms with van der Waals surface area (Å²) in [5.74, 6) is 0.836. The van der Waals surface area contributed by atoms with Crippen LogP contribution in [0.25, 0.3) is 11.1 Å². The van der Waals surface area contributed by atoms with Gasteiger partial charge in [-0.1, -0.05) is 31.2 Å². The summed E-state index contributed by atoms with van der Waals surface area (Å²) in [6, 6.07) is 14.9. The Kier molecular flexibility index (Phi) is 3.29. The zero-order valence-corrected chi connectivity index (χ0v) is 12.1. The van der Waals surface area contributed by atoms with Gasteiger partial charge in [-0.2, -0.15) is 0 Å². The lowest BCUT2D eigenvalue weighted by atomic mass is 9.98. The van der Waals surface area contributed by atoms with Crippen LogP contribution in [0.15, 0.2) is 52.9 Å². The van der Waals surface area contributed by atoms with Gasteiger partial charge in [-0.15, -0.1) is 0 Å². The van der Waals surface area contributed by atoms with E-state index in [1.54, 1.807) is 12.1 Å². The Bertz CT molecular complexity index is 733. The zero-order chi connectivity index (χ0) is 14.9. The molecule has 0 saturated carbocycles. The van der Waals surface area contributed by atoms with Crippen molar-refractivity contribution in [2.45, 2.75) is 25.8 Å². The van der Waals surface area contributed by atoms with Crippen LogP contribution in [0.4, 0.5) is 5.69 Å². The molecule has 2 N–H and O–H groups in total. The van der Waals surface area contributed by atoms with Crippen molar-refractivity contribution in [3.8, 4) is 5.75 Å². The number of para-hydroxylation sites is 4. The molecule has 3 rings (SSSR count). The van der Waals surface area contributed by atoms with Gasteiger partial charge in [-0.05, 0) is 37.6 Å². The summed E-state index contributed by atoms with van der Waals surface area (Å²) < 4.78 is 5.88. The van der Waals surface area contributed by atoms with Crippen molar-refractivity contribution in [2.24, 2.45) is 0 Å². The molecule has 0 amide bonds. The molecule has 0 bridgehead atoms. The van der Waals surface area contributed by atoms with Crippen molar-refractivity contribution in [1.29, 1.82) is 0 Å². The molecule has 0 aliphatic heterocycles. The Hall–Kier alpha value is -2.49. The molecule has 1 heterocycles. The van der Waals surface area contributed by atoms with Gasteiger partial charge in [0.25, 0.3) is 0 Å². The Morgan fingerprint density at radius 3 is 2.57 bits per heavy atom. The summed E-state index contributed by atoms with van der Waals surface area (Å²) in [6.45, 7) is 4.08. The van der Waals surface area contributed by atoms with E-state index < -0.39 is 5.54 Å². The van der Waals surface area contributed by atoms with Crippen LogP contribution >= 0.6 is 0 Å². The second-order valence-corrected chi connectivity index (χ2v) is 5.31. The molecule has 0 saturated heterocycles. The van der Waals surface area contributed by atoms with E-state index in [1.165, 1.54) is 0 Å². The number of aromatic hydroxyl groups is 1. The van der Waals surface area contributed by atoms with E-state index in [1.807, 2.05) is 43.3 Å². The van der Waals surface area contributed by atoms with E-state index in [-0.39, 0.29) is 5.75 Å². The summed E-state index contributed by atoms with van der Waals surface area (Å²) >= 11 is 0. The number of hydrogen-bond acceptors (Lipinski definition) is 4. The van der Waals surface area contributed by atoms with E-state index in [0.717, 1.165) is 17.5 Å². The van der Waals surface area contributed by atoms with Crippen LogP contribution in [-0.4, -0.2) is 10.1 Å². The molecule has 3 aromatic rings. The topological polar surface area (TPSA) is 58.3 Å². The quantitative estimate of drug-likeness (QED) is 0.702. The number of anilines is 1. The fraction of sp³-hybridized carbons (Fsp3) is 0.235. The number of nitrogens with zero attached hydrogens (tertiary/aromatic N) is 1. The summed E-state index contributed by atoms with van der Waals surface area (Å²) in [4.78, 5) is 4.57. The van der Waals surface area contributed by atoms with Crippen LogP contribution in [0.5, 0.6) is 5.75 Å².